The van der Waals surface area contributed by atoms with E-state index in [9.17, 15) is 5.11 Å². The minimum Gasteiger partial charge on any atom is -0.384 e. The molecule has 130 valence electrons. The number of terminal acetylenes is 1. The highest BCUT2D eigenvalue weighted by Crippen LogP contribution is 2.16. The number of aliphatic hydroxyl groups excluding tert-OH is 1. The molecule has 0 bridgehead atoms. The molecule has 0 aliphatic carbocycles. The summed E-state index contributed by atoms with van der Waals surface area (Å²) in [7, 11) is 0. The maximum atomic E-state index is 10.5. The van der Waals surface area contributed by atoms with Gasteiger partial charge in [-0.15, -0.1) is 12.3 Å². The van der Waals surface area contributed by atoms with Crippen molar-refractivity contribution in [1.82, 2.24) is 0 Å². The fourth-order valence-corrected chi connectivity index (χ4v) is 2.41. The van der Waals surface area contributed by atoms with E-state index in [1.807, 2.05) is 72.8 Å². The van der Waals surface area contributed by atoms with Crippen LogP contribution in [0.4, 0.5) is 0 Å². The maximum absolute atomic E-state index is 10.5. The monoisotopic (exact) mass is 340 g/mol. The molecule has 1 N–H and O–H groups in total. The molecule has 0 fully saturated rings. The molecule has 1 nitrogen and oxygen atoms in total. The summed E-state index contributed by atoms with van der Waals surface area (Å²) in [6.07, 6.45) is 13.9. The van der Waals surface area contributed by atoms with Crippen LogP contribution in [-0.4, -0.2) is 5.11 Å². The number of hydrogen-bond donors (Lipinski definition) is 1. The topological polar surface area (TPSA) is 20.2 Å². The minimum absolute atomic E-state index is 0.678. The Labute approximate surface area is 157 Å². The van der Waals surface area contributed by atoms with E-state index in [0.29, 0.717) is 0 Å². The molecule has 2 aromatic carbocycles. The molecule has 0 saturated heterocycles. The number of allylic oxidation sites excluding steroid dienone is 2. The summed E-state index contributed by atoms with van der Waals surface area (Å²) < 4.78 is 0. The predicted molar refractivity (Wildman–Crippen MR) is 110 cm³/mol. The van der Waals surface area contributed by atoms with Crippen molar-refractivity contribution >= 4 is 6.08 Å². The lowest BCUT2D eigenvalue weighted by Crippen LogP contribution is -1.93. The van der Waals surface area contributed by atoms with Crippen LogP contribution in [0.1, 0.15) is 42.9 Å². The zero-order chi connectivity index (χ0) is 18.5. The van der Waals surface area contributed by atoms with Crippen molar-refractivity contribution in [1.29, 1.82) is 0 Å². The Morgan fingerprint density at radius 1 is 0.962 bits per heavy atom. The van der Waals surface area contributed by atoms with Gasteiger partial charge < -0.3 is 5.11 Å². The molecule has 0 spiro atoms. The molecule has 0 heterocycles. The second kappa shape index (κ2) is 11.5. The van der Waals surface area contributed by atoms with E-state index in [0.717, 1.165) is 42.4 Å². The van der Waals surface area contributed by atoms with E-state index in [-0.39, 0.29) is 0 Å². The van der Waals surface area contributed by atoms with E-state index in [1.165, 1.54) is 0 Å². The van der Waals surface area contributed by atoms with Crippen LogP contribution >= 0.6 is 0 Å². The summed E-state index contributed by atoms with van der Waals surface area (Å²) in [6, 6.07) is 19.7. The highest BCUT2D eigenvalue weighted by Gasteiger charge is 2.03. The van der Waals surface area contributed by atoms with Crippen molar-refractivity contribution < 1.29 is 5.11 Å². The van der Waals surface area contributed by atoms with Gasteiger partial charge in [0.2, 0.25) is 0 Å². The van der Waals surface area contributed by atoms with Gasteiger partial charge in [0.25, 0.3) is 0 Å². The molecular weight excluding hydrogens is 316 g/mol. The summed E-state index contributed by atoms with van der Waals surface area (Å²) >= 11 is 0. The van der Waals surface area contributed by atoms with Crippen LogP contribution in [0.3, 0.4) is 0 Å². The van der Waals surface area contributed by atoms with Crippen LogP contribution in [-0.2, 0) is 0 Å². The van der Waals surface area contributed by atoms with Crippen molar-refractivity contribution in [2.24, 2.45) is 0 Å². The molecule has 0 unspecified atom stereocenters. The molecule has 1 atom stereocenters. The van der Waals surface area contributed by atoms with E-state index < -0.39 is 6.10 Å². The fraction of sp³-hybridized carbons (Fsp3) is 0.200. The Hall–Kier alpha value is -3.00. The molecule has 0 saturated carbocycles. The van der Waals surface area contributed by atoms with Crippen LogP contribution in [0.5, 0.6) is 0 Å². The first-order chi connectivity index (χ1) is 12.8. The first kappa shape index (κ1) is 19.3. The number of aliphatic hydroxyl groups is 1. The Bertz CT molecular complexity index is 811. The van der Waals surface area contributed by atoms with E-state index in [4.69, 9.17) is 6.42 Å². The number of benzene rings is 2. The smallest absolute Gasteiger partial charge is 0.0986 e. The lowest BCUT2D eigenvalue weighted by Gasteiger charge is -2.06. The Morgan fingerprint density at radius 2 is 1.62 bits per heavy atom. The normalized spacial score (nSPS) is 12.2. The third kappa shape index (κ3) is 7.27. The van der Waals surface area contributed by atoms with Crippen molar-refractivity contribution in [3.05, 3.63) is 89.5 Å². The molecule has 0 aliphatic heterocycles. The van der Waals surface area contributed by atoms with E-state index in [2.05, 4.69) is 17.8 Å². The minimum atomic E-state index is -0.678. The van der Waals surface area contributed by atoms with E-state index in [1.54, 1.807) is 6.08 Å². The SMILES string of the molecule is C#CCCCCC#CC(=C\[C@@H](O)c1ccccc1)/C=C/c1ccccc1. The maximum Gasteiger partial charge on any atom is 0.0986 e. The average molecular weight is 340 g/mol. The average Bonchev–Trinajstić information content (AvgIpc) is 2.70. The molecule has 1 heteroatoms. The highest BCUT2D eigenvalue weighted by atomic mass is 16.3. The first-order valence-electron chi connectivity index (χ1n) is 8.90. The summed E-state index contributed by atoms with van der Waals surface area (Å²) in [5, 5.41) is 10.5. The zero-order valence-electron chi connectivity index (χ0n) is 14.9. The van der Waals surface area contributed by atoms with Gasteiger partial charge >= 0.3 is 0 Å². The van der Waals surface area contributed by atoms with Crippen molar-refractivity contribution in [2.45, 2.75) is 31.8 Å². The number of rotatable bonds is 7. The third-order valence-electron chi connectivity index (χ3n) is 3.84. The summed E-state index contributed by atoms with van der Waals surface area (Å²) in [6.45, 7) is 0. The van der Waals surface area contributed by atoms with Crippen LogP contribution in [0, 0.1) is 24.2 Å². The van der Waals surface area contributed by atoms with Gasteiger partial charge in [-0.05, 0) is 36.1 Å². The van der Waals surface area contributed by atoms with Gasteiger partial charge in [-0.2, -0.15) is 0 Å². The van der Waals surface area contributed by atoms with Gasteiger partial charge in [-0.25, -0.2) is 0 Å². The summed E-state index contributed by atoms with van der Waals surface area (Å²) in [5.74, 6) is 9.01. The van der Waals surface area contributed by atoms with Gasteiger partial charge in [-0.1, -0.05) is 78.6 Å². The molecule has 0 aliphatic rings. The standard InChI is InChI=1S/C25H24O/c1-2-3-4-5-6-9-16-23(20-19-22-14-10-7-11-15-22)21-25(26)24-17-12-8-13-18-24/h1,7-8,10-15,17-21,25-26H,3-6H2/b20-19+,23-21+/t25-/m1/s1. The predicted octanol–water partition coefficient (Wildman–Crippen LogP) is 5.56. The lowest BCUT2D eigenvalue weighted by molar-refractivity contribution is 0.228. The number of unbranched alkanes of at least 4 members (excludes halogenated alkanes) is 3. The largest absolute Gasteiger partial charge is 0.384 e. The van der Waals surface area contributed by atoms with Gasteiger partial charge in [-0.3, -0.25) is 0 Å². The molecule has 26 heavy (non-hydrogen) atoms. The second-order valence-electron chi connectivity index (χ2n) is 5.93. The van der Waals surface area contributed by atoms with Crippen molar-refractivity contribution in [2.75, 3.05) is 0 Å². The third-order valence-corrected chi connectivity index (χ3v) is 3.84. The molecule has 0 radical (unpaired) electrons. The quantitative estimate of drug-likeness (QED) is 0.398. The summed E-state index contributed by atoms with van der Waals surface area (Å²) in [4.78, 5) is 0. The Balaban J connectivity index is 2.13. The summed E-state index contributed by atoms with van der Waals surface area (Å²) in [5.41, 5.74) is 2.76. The highest BCUT2D eigenvalue weighted by molar-refractivity contribution is 5.56. The van der Waals surface area contributed by atoms with Crippen molar-refractivity contribution in [3.8, 4) is 24.2 Å². The van der Waals surface area contributed by atoms with Gasteiger partial charge in [0.15, 0.2) is 0 Å². The van der Waals surface area contributed by atoms with Crippen LogP contribution in [0.2, 0.25) is 0 Å². The first-order valence-corrected chi connectivity index (χ1v) is 8.90. The van der Waals surface area contributed by atoms with Crippen LogP contribution in [0.25, 0.3) is 6.08 Å². The van der Waals surface area contributed by atoms with Crippen LogP contribution < -0.4 is 0 Å². The lowest BCUT2D eigenvalue weighted by atomic mass is 10.1. The van der Waals surface area contributed by atoms with Gasteiger partial charge in [0, 0.05) is 18.4 Å². The Morgan fingerprint density at radius 3 is 2.31 bits per heavy atom. The van der Waals surface area contributed by atoms with E-state index >= 15 is 0 Å². The molecule has 2 aromatic rings. The number of hydrogen-bond acceptors (Lipinski definition) is 1. The van der Waals surface area contributed by atoms with Crippen molar-refractivity contribution in [3.63, 3.8) is 0 Å². The van der Waals surface area contributed by atoms with Crippen LogP contribution in [0.15, 0.2) is 78.4 Å². The molecule has 2 rings (SSSR count). The van der Waals surface area contributed by atoms with Gasteiger partial charge in [0.05, 0.1) is 6.10 Å². The molecule has 0 amide bonds. The second-order valence-corrected chi connectivity index (χ2v) is 5.93. The molecular formula is C25H24O. The fourth-order valence-electron chi connectivity index (χ4n) is 2.41. The van der Waals surface area contributed by atoms with Gasteiger partial charge in [0.1, 0.15) is 0 Å². The zero-order valence-corrected chi connectivity index (χ0v) is 14.9. The Kier molecular flexibility index (Phi) is 8.58. The molecule has 0 aromatic heterocycles.